The Balaban J connectivity index is 2.07. The Labute approximate surface area is 123 Å². The topological polar surface area (TPSA) is 21.3 Å². The molecule has 0 spiro atoms. The molecule has 20 heavy (non-hydrogen) atoms. The van der Waals surface area contributed by atoms with Crippen molar-refractivity contribution in [2.45, 2.75) is 52.5 Å². The van der Waals surface area contributed by atoms with Crippen LogP contribution in [0.3, 0.4) is 0 Å². The van der Waals surface area contributed by atoms with Crippen LogP contribution in [-0.2, 0) is 0 Å². The maximum Gasteiger partial charge on any atom is 0.119 e. The van der Waals surface area contributed by atoms with Crippen LogP contribution in [0, 0.1) is 11.8 Å². The number of ether oxygens (including phenoxy) is 1. The predicted molar refractivity (Wildman–Crippen MR) is 85.2 cm³/mol. The largest absolute Gasteiger partial charge is 0.494 e. The van der Waals surface area contributed by atoms with Gasteiger partial charge in [-0.05, 0) is 55.8 Å². The zero-order valence-electron chi connectivity index (χ0n) is 13.2. The van der Waals surface area contributed by atoms with E-state index in [-0.39, 0.29) is 0 Å². The van der Waals surface area contributed by atoms with Crippen LogP contribution in [0.1, 0.15) is 58.1 Å². The molecule has 0 amide bonds. The minimum Gasteiger partial charge on any atom is -0.494 e. The van der Waals surface area contributed by atoms with Crippen LogP contribution in [0.4, 0.5) is 0 Å². The Morgan fingerprint density at radius 2 is 1.90 bits per heavy atom. The molecule has 0 saturated heterocycles. The van der Waals surface area contributed by atoms with Crippen molar-refractivity contribution in [3.05, 3.63) is 29.8 Å². The van der Waals surface area contributed by atoms with Crippen LogP contribution in [0.2, 0.25) is 0 Å². The summed E-state index contributed by atoms with van der Waals surface area (Å²) >= 11 is 0. The highest BCUT2D eigenvalue weighted by molar-refractivity contribution is 5.29. The van der Waals surface area contributed by atoms with Crippen molar-refractivity contribution in [1.82, 2.24) is 5.32 Å². The lowest BCUT2D eigenvalue weighted by Gasteiger charge is -2.25. The minimum absolute atomic E-state index is 0.507. The minimum atomic E-state index is 0.507. The fraction of sp³-hybridized carbons (Fsp3) is 0.667. The second kappa shape index (κ2) is 7.68. The van der Waals surface area contributed by atoms with E-state index in [0.29, 0.717) is 6.04 Å². The van der Waals surface area contributed by atoms with Crippen molar-refractivity contribution < 1.29 is 4.74 Å². The highest BCUT2D eigenvalue weighted by Crippen LogP contribution is 2.40. The van der Waals surface area contributed by atoms with Gasteiger partial charge in [0.05, 0.1) is 6.61 Å². The molecular weight excluding hydrogens is 246 g/mol. The molecule has 0 aromatic heterocycles. The molecular formula is C18H29NO. The van der Waals surface area contributed by atoms with Crippen LogP contribution in [-0.4, -0.2) is 13.2 Å². The van der Waals surface area contributed by atoms with Crippen LogP contribution in [0.15, 0.2) is 24.3 Å². The van der Waals surface area contributed by atoms with Gasteiger partial charge in [0.25, 0.3) is 0 Å². The molecule has 2 nitrogen and oxygen atoms in total. The molecule has 3 unspecified atom stereocenters. The highest BCUT2D eigenvalue weighted by Gasteiger charge is 2.30. The molecule has 1 aliphatic rings. The van der Waals surface area contributed by atoms with Crippen LogP contribution in [0.25, 0.3) is 0 Å². The summed E-state index contributed by atoms with van der Waals surface area (Å²) in [5.74, 6) is 2.70. The Bertz CT molecular complexity index is 387. The summed E-state index contributed by atoms with van der Waals surface area (Å²) in [4.78, 5) is 0. The maximum absolute atomic E-state index is 5.54. The fourth-order valence-corrected chi connectivity index (χ4v) is 3.50. The van der Waals surface area contributed by atoms with Gasteiger partial charge in [-0.3, -0.25) is 0 Å². The van der Waals surface area contributed by atoms with E-state index in [0.717, 1.165) is 30.7 Å². The third-order valence-electron chi connectivity index (χ3n) is 4.60. The van der Waals surface area contributed by atoms with Crippen molar-refractivity contribution >= 4 is 0 Å². The van der Waals surface area contributed by atoms with Gasteiger partial charge in [0, 0.05) is 6.04 Å². The van der Waals surface area contributed by atoms with Gasteiger partial charge in [-0.25, -0.2) is 0 Å². The number of hydrogen-bond donors (Lipinski definition) is 1. The zero-order valence-corrected chi connectivity index (χ0v) is 13.2. The number of benzene rings is 1. The van der Waals surface area contributed by atoms with E-state index in [1.54, 1.807) is 0 Å². The Kier molecular flexibility index (Phi) is 5.90. The van der Waals surface area contributed by atoms with Crippen molar-refractivity contribution in [2.75, 3.05) is 13.2 Å². The lowest BCUT2D eigenvalue weighted by atomic mass is 9.90. The van der Waals surface area contributed by atoms with E-state index in [9.17, 15) is 0 Å². The smallest absolute Gasteiger partial charge is 0.119 e. The first-order valence-electron chi connectivity index (χ1n) is 8.24. The fourth-order valence-electron chi connectivity index (χ4n) is 3.50. The van der Waals surface area contributed by atoms with Crippen molar-refractivity contribution in [3.63, 3.8) is 0 Å². The lowest BCUT2D eigenvalue weighted by molar-refractivity contribution is 0.338. The van der Waals surface area contributed by atoms with Gasteiger partial charge in [0.2, 0.25) is 0 Å². The SMILES string of the molecule is CCNC(c1ccc(OCC)cc1)C1CCC(CC)C1. The summed E-state index contributed by atoms with van der Waals surface area (Å²) < 4.78 is 5.54. The quantitative estimate of drug-likeness (QED) is 0.787. The average Bonchev–Trinajstić information content (AvgIpc) is 2.95. The van der Waals surface area contributed by atoms with Gasteiger partial charge in [0.1, 0.15) is 5.75 Å². The molecule has 0 bridgehead atoms. The zero-order chi connectivity index (χ0) is 14.4. The summed E-state index contributed by atoms with van der Waals surface area (Å²) in [6, 6.07) is 9.19. The van der Waals surface area contributed by atoms with Gasteiger partial charge >= 0.3 is 0 Å². The second-order valence-corrected chi connectivity index (χ2v) is 5.88. The highest BCUT2D eigenvalue weighted by atomic mass is 16.5. The third kappa shape index (κ3) is 3.76. The van der Waals surface area contributed by atoms with E-state index >= 15 is 0 Å². The molecule has 3 atom stereocenters. The van der Waals surface area contributed by atoms with Gasteiger partial charge in [0.15, 0.2) is 0 Å². The molecule has 1 aromatic rings. The van der Waals surface area contributed by atoms with E-state index in [4.69, 9.17) is 4.74 Å². The summed E-state index contributed by atoms with van der Waals surface area (Å²) in [6.07, 6.45) is 5.48. The van der Waals surface area contributed by atoms with Gasteiger partial charge in [-0.15, -0.1) is 0 Å². The average molecular weight is 275 g/mol. The molecule has 2 heteroatoms. The number of nitrogens with one attached hydrogen (secondary N) is 1. The van der Waals surface area contributed by atoms with Gasteiger partial charge in [-0.1, -0.05) is 38.8 Å². The number of rotatable bonds is 7. The maximum atomic E-state index is 5.54. The van der Waals surface area contributed by atoms with E-state index in [2.05, 4.69) is 43.4 Å². The predicted octanol–water partition coefficient (Wildman–Crippen LogP) is 4.56. The lowest BCUT2D eigenvalue weighted by Crippen LogP contribution is -2.27. The summed E-state index contributed by atoms with van der Waals surface area (Å²) in [7, 11) is 0. The van der Waals surface area contributed by atoms with Crippen molar-refractivity contribution in [3.8, 4) is 5.75 Å². The van der Waals surface area contributed by atoms with Crippen molar-refractivity contribution in [2.24, 2.45) is 11.8 Å². The monoisotopic (exact) mass is 275 g/mol. The van der Waals surface area contributed by atoms with Crippen molar-refractivity contribution in [1.29, 1.82) is 0 Å². The van der Waals surface area contributed by atoms with E-state index in [1.165, 1.54) is 31.2 Å². The van der Waals surface area contributed by atoms with Crippen LogP contribution < -0.4 is 10.1 Å². The van der Waals surface area contributed by atoms with Gasteiger partial charge in [-0.2, -0.15) is 0 Å². The van der Waals surface area contributed by atoms with Crippen LogP contribution in [0.5, 0.6) is 5.75 Å². The summed E-state index contributed by atoms with van der Waals surface area (Å²) in [5.41, 5.74) is 1.41. The molecule has 1 aromatic carbocycles. The van der Waals surface area contributed by atoms with E-state index < -0.39 is 0 Å². The molecule has 1 N–H and O–H groups in total. The summed E-state index contributed by atoms with van der Waals surface area (Å²) in [5, 5.41) is 3.70. The summed E-state index contributed by atoms with van der Waals surface area (Å²) in [6.45, 7) is 8.32. The Morgan fingerprint density at radius 3 is 2.45 bits per heavy atom. The first-order chi connectivity index (χ1) is 9.78. The third-order valence-corrected chi connectivity index (χ3v) is 4.60. The molecule has 1 saturated carbocycles. The molecule has 2 rings (SSSR count). The first-order valence-corrected chi connectivity index (χ1v) is 8.24. The Morgan fingerprint density at radius 1 is 1.15 bits per heavy atom. The molecule has 1 aliphatic carbocycles. The normalized spacial score (nSPS) is 23.8. The first kappa shape index (κ1) is 15.4. The molecule has 1 fully saturated rings. The molecule has 0 heterocycles. The van der Waals surface area contributed by atoms with Crippen LogP contribution >= 0.6 is 0 Å². The second-order valence-electron chi connectivity index (χ2n) is 5.88. The molecule has 0 aliphatic heterocycles. The van der Waals surface area contributed by atoms with Gasteiger partial charge < -0.3 is 10.1 Å². The standard InChI is InChI=1S/C18H29NO/c1-4-14-7-8-16(13-14)18(19-5-2)15-9-11-17(12-10-15)20-6-3/h9-12,14,16,18-19H,4-8,13H2,1-3H3. The molecule has 0 radical (unpaired) electrons. The molecule has 112 valence electrons. The number of hydrogen-bond acceptors (Lipinski definition) is 2. The van der Waals surface area contributed by atoms with E-state index in [1.807, 2.05) is 6.92 Å². The Hall–Kier alpha value is -1.02.